The van der Waals surface area contributed by atoms with Gasteiger partial charge in [-0.3, -0.25) is 19.2 Å². The van der Waals surface area contributed by atoms with Crippen LogP contribution in [0.5, 0.6) is 5.75 Å². The summed E-state index contributed by atoms with van der Waals surface area (Å²) in [4.78, 5) is 86.2. The molecular formula is C49H39N7O12S2. The third kappa shape index (κ3) is 13.7. The van der Waals surface area contributed by atoms with Crippen LogP contribution in [0.25, 0.3) is 26.4 Å². The maximum Gasteiger partial charge on any atom is 0.346 e. The number of methoxy groups -OCH3 is 1. The van der Waals surface area contributed by atoms with Crippen molar-refractivity contribution in [3.63, 3.8) is 0 Å². The second-order valence-electron chi connectivity index (χ2n) is 14.4. The lowest BCUT2D eigenvalue weighted by molar-refractivity contribution is -0.136. The summed E-state index contributed by atoms with van der Waals surface area (Å²) in [6.07, 6.45) is 2.46. The van der Waals surface area contributed by atoms with Gasteiger partial charge in [-0.15, -0.1) is 11.3 Å². The Bertz CT molecular complexity index is 3350. The van der Waals surface area contributed by atoms with Gasteiger partial charge in [0.15, 0.2) is 4.96 Å². The summed E-state index contributed by atoms with van der Waals surface area (Å²) in [6.45, 7) is 1.53. The van der Waals surface area contributed by atoms with E-state index in [0.717, 1.165) is 73.0 Å². The van der Waals surface area contributed by atoms with Crippen LogP contribution in [0.2, 0.25) is 0 Å². The van der Waals surface area contributed by atoms with Crippen molar-refractivity contribution >= 4 is 90.6 Å². The Balaban J connectivity index is 0.000000154. The molecule has 2 amide bonds. The topological polar surface area (TPSA) is 289 Å². The number of carbonyl (C=O) groups is 6. The molecule has 9 rings (SSSR count). The molecular weight excluding hydrogens is 943 g/mol. The van der Waals surface area contributed by atoms with Crippen molar-refractivity contribution in [2.24, 2.45) is 10.2 Å². The lowest BCUT2D eigenvalue weighted by Crippen LogP contribution is -2.29. The number of rotatable bonds is 11. The number of fused-ring (bicyclic) bond motifs is 6. The van der Waals surface area contributed by atoms with Gasteiger partial charge in [0.25, 0.3) is 11.5 Å². The number of anilines is 1. The Morgan fingerprint density at radius 3 is 2.04 bits per heavy atom. The van der Waals surface area contributed by atoms with Crippen LogP contribution in [-0.4, -0.2) is 84.1 Å². The number of nitrogens with zero attached hydrogens (tertiary/aromatic N) is 5. The largest absolute Gasteiger partial charge is 0.497 e. The average Bonchev–Trinajstić information content (AvgIpc) is 4.03. The van der Waals surface area contributed by atoms with Crippen LogP contribution in [0.4, 0.5) is 17.1 Å². The van der Waals surface area contributed by atoms with E-state index in [-0.39, 0.29) is 22.5 Å². The van der Waals surface area contributed by atoms with E-state index in [1.807, 2.05) is 73.7 Å². The second kappa shape index (κ2) is 23.5. The van der Waals surface area contributed by atoms with Crippen LogP contribution < -0.4 is 20.9 Å². The maximum absolute atomic E-state index is 12.2. The minimum atomic E-state index is -1.15. The number of nitrogens with one attached hydrogen (secondary N) is 2. The average molecular weight is 982 g/mol. The summed E-state index contributed by atoms with van der Waals surface area (Å²) < 4.78 is 7.41. The summed E-state index contributed by atoms with van der Waals surface area (Å²) in [5, 5.41) is 48.3. The summed E-state index contributed by atoms with van der Waals surface area (Å²) in [6, 6.07) is 36.4. The number of carboxylic acids is 4. The first-order valence-corrected chi connectivity index (χ1v) is 22.1. The van der Waals surface area contributed by atoms with Gasteiger partial charge in [0.1, 0.15) is 17.2 Å². The smallest absolute Gasteiger partial charge is 0.346 e. The number of azo groups is 1. The van der Waals surface area contributed by atoms with E-state index < -0.39 is 35.7 Å². The lowest BCUT2D eigenvalue weighted by atomic mass is 10.1. The quantitative estimate of drug-likeness (QED) is 0.0523. The molecule has 19 nitrogen and oxygen atoms in total. The van der Waals surface area contributed by atoms with E-state index in [0.29, 0.717) is 34.1 Å². The normalized spacial score (nSPS) is 10.9. The van der Waals surface area contributed by atoms with Crippen LogP contribution in [-0.2, 0) is 20.8 Å². The van der Waals surface area contributed by atoms with Crippen molar-refractivity contribution in [1.82, 2.24) is 19.7 Å². The predicted molar refractivity (Wildman–Crippen MR) is 261 cm³/mol. The molecule has 0 unspecified atom stereocenters. The predicted octanol–water partition coefficient (Wildman–Crippen LogP) is 8.52. The summed E-state index contributed by atoms with van der Waals surface area (Å²) >= 11 is 2.56. The number of amides is 2. The number of carbonyl (C=O) groups excluding carboxylic acids is 2. The second-order valence-corrected chi connectivity index (χ2v) is 16.6. The van der Waals surface area contributed by atoms with Gasteiger partial charge in [0.05, 0.1) is 50.7 Å². The Hall–Kier alpha value is -9.21. The lowest BCUT2D eigenvalue weighted by Gasteiger charge is -2.03. The summed E-state index contributed by atoms with van der Waals surface area (Å²) in [7, 11) is 1.53. The van der Waals surface area contributed by atoms with Crippen molar-refractivity contribution in [1.29, 1.82) is 0 Å². The molecule has 3 heterocycles. The highest BCUT2D eigenvalue weighted by molar-refractivity contribution is 7.18. The number of aryl methyl sites for hydroxylation is 1. The molecule has 21 heteroatoms. The number of aromatic carboxylic acids is 2. The van der Waals surface area contributed by atoms with E-state index in [1.165, 1.54) is 35.0 Å². The monoisotopic (exact) mass is 981 g/mol. The van der Waals surface area contributed by atoms with Gasteiger partial charge in [0, 0.05) is 41.5 Å². The standard InChI is InChI=1S/C14H8N2O3S.C13H10N2O2.C12H10N2O3S.C10H11NO4/c17-11-6-10(13(18)19)20-14-15-9-5-7-3-1-2-4-8(7)12(9)16(11)14;16-13(17)10-6-8-12(9-7-10)15-14-11-4-2-1-3-5-11;1-7-13-9-3-2-8(6-10(9)18-7)14-11(15)4-5-12(16)17;1-15-8-4-2-7(3-5-8)10(14)11-6-9(12)13/h1-4,6H,5H2,(H,18,19);1-9H,(H,16,17);2-6H,1H3,(H,14,15)(H,16,17);2-5H,6H2,1H3,(H,11,14)(H,12,13). The van der Waals surface area contributed by atoms with Crippen LogP contribution in [0.15, 0.2) is 155 Å². The van der Waals surface area contributed by atoms with Crippen LogP contribution in [0.3, 0.4) is 0 Å². The molecule has 0 atom stereocenters. The Kier molecular flexibility index (Phi) is 16.8. The third-order valence-corrected chi connectivity index (χ3v) is 11.4. The number of hydrogen-bond acceptors (Lipinski definition) is 14. The third-order valence-electron chi connectivity index (χ3n) is 9.48. The first-order chi connectivity index (χ1) is 33.6. The first kappa shape index (κ1) is 50.2. The molecule has 70 heavy (non-hydrogen) atoms. The number of thiazole rings is 1. The van der Waals surface area contributed by atoms with Gasteiger partial charge in [-0.2, -0.15) is 10.2 Å². The molecule has 0 saturated carbocycles. The summed E-state index contributed by atoms with van der Waals surface area (Å²) in [5.41, 5.74) is 6.96. The summed E-state index contributed by atoms with van der Waals surface area (Å²) in [5.74, 6) is -4.52. The molecule has 3 aromatic heterocycles. The Morgan fingerprint density at radius 1 is 0.743 bits per heavy atom. The molecule has 8 aromatic rings. The zero-order chi connectivity index (χ0) is 50.3. The van der Waals surface area contributed by atoms with Crippen molar-refractivity contribution < 1.29 is 53.9 Å². The highest BCUT2D eigenvalue weighted by Gasteiger charge is 2.26. The highest BCUT2D eigenvalue weighted by Crippen LogP contribution is 2.37. The molecule has 0 fully saturated rings. The van der Waals surface area contributed by atoms with E-state index >= 15 is 0 Å². The number of aromatic nitrogens is 3. The van der Waals surface area contributed by atoms with E-state index in [4.69, 9.17) is 25.2 Å². The number of ether oxygens (including phenoxy) is 1. The van der Waals surface area contributed by atoms with Gasteiger partial charge in [-0.25, -0.2) is 28.8 Å². The molecule has 0 aliphatic heterocycles. The SMILES string of the molecule is COc1ccc(C(=O)NCC(=O)O)cc1.Cc1nc2ccc(NC(=O)C=CC(=O)O)cc2s1.O=C(O)c1cc(=O)n2c3c(nc2s1)Cc1ccccc1-3.O=C(O)c1ccc(N=Nc2ccccc2)cc1. The van der Waals surface area contributed by atoms with Crippen molar-refractivity contribution in [2.75, 3.05) is 19.0 Å². The van der Waals surface area contributed by atoms with Gasteiger partial charge >= 0.3 is 23.9 Å². The zero-order valence-corrected chi connectivity index (χ0v) is 38.4. The molecule has 6 N–H and O–H groups in total. The molecule has 1 aliphatic rings. The number of imidazole rings is 1. The van der Waals surface area contributed by atoms with Gasteiger partial charge in [-0.1, -0.05) is 53.8 Å². The van der Waals surface area contributed by atoms with Crippen molar-refractivity contribution in [2.45, 2.75) is 13.3 Å². The molecule has 5 aromatic carbocycles. The maximum atomic E-state index is 12.2. The van der Waals surface area contributed by atoms with Crippen LogP contribution >= 0.6 is 22.7 Å². The number of aliphatic carboxylic acids is 2. The first-order valence-electron chi connectivity index (χ1n) is 20.5. The molecule has 0 radical (unpaired) electrons. The Labute approximate surface area is 404 Å². The molecule has 1 aliphatic carbocycles. The fourth-order valence-corrected chi connectivity index (χ4v) is 8.08. The van der Waals surface area contributed by atoms with E-state index in [2.05, 4.69) is 30.8 Å². The van der Waals surface area contributed by atoms with Crippen molar-refractivity contribution in [3.05, 3.63) is 182 Å². The number of benzene rings is 5. The molecule has 0 saturated heterocycles. The number of hydrogen-bond donors (Lipinski definition) is 6. The van der Waals surface area contributed by atoms with Gasteiger partial charge in [0.2, 0.25) is 5.91 Å². The number of carboxylic acid groups (broad SMARTS) is 4. The van der Waals surface area contributed by atoms with Crippen LogP contribution in [0, 0.1) is 6.92 Å². The Morgan fingerprint density at radius 2 is 1.40 bits per heavy atom. The minimum absolute atomic E-state index is 0.0134. The molecule has 0 bridgehead atoms. The fourth-order valence-electron chi connectivity index (χ4n) is 6.34. The van der Waals surface area contributed by atoms with Gasteiger partial charge < -0.3 is 35.8 Å². The molecule has 354 valence electrons. The highest BCUT2D eigenvalue weighted by atomic mass is 32.1. The van der Waals surface area contributed by atoms with E-state index in [1.54, 1.807) is 42.5 Å². The van der Waals surface area contributed by atoms with Gasteiger partial charge in [-0.05, 0) is 91.3 Å². The van der Waals surface area contributed by atoms with Crippen molar-refractivity contribution in [3.8, 4) is 17.0 Å². The van der Waals surface area contributed by atoms with E-state index in [9.17, 15) is 33.6 Å². The zero-order valence-electron chi connectivity index (χ0n) is 36.8. The van der Waals surface area contributed by atoms with Crippen LogP contribution in [0.1, 0.15) is 46.7 Å². The molecule has 0 spiro atoms. The minimum Gasteiger partial charge on any atom is -0.497 e. The fraction of sp³-hybridized carbons (Fsp3) is 0.0816.